The van der Waals surface area contributed by atoms with E-state index < -0.39 is 0 Å². The quantitative estimate of drug-likeness (QED) is 0.839. The van der Waals surface area contributed by atoms with Crippen molar-refractivity contribution in [2.75, 3.05) is 5.73 Å². The topological polar surface area (TPSA) is 66.0 Å². The van der Waals surface area contributed by atoms with E-state index >= 15 is 0 Å². The van der Waals surface area contributed by atoms with Gasteiger partial charge in [0.2, 0.25) is 0 Å². The Bertz CT molecular complexity index is 516. The van der Waals surface area contributed by atoms with Gasteiger partial charge in [-0.3, -0.25) is 0 Å². The summed E-state index contributed by atoms with van der Waals surface area (Å²) < 4.78 is 7.40. The van der Waals surface area contributed by atoms with Crippen molar-refractivity contribution in [2.45, 2.75) is 26.4 Å². The third-order valence-electron chi connectivity index (χ3n) is 2.63. The maximum atomic E-state index is 5.64. The van der Waals surface area contributed by atoms with E-state index in [9.17, 15) is 0 Å². The number of nitrogen functional groups attached to an aromatic ring is 1. The van der Waals surface area contributed by atoms with Crippen LogP contribution in [0.25, 0.3) is 0 Å². The summed E-state index contributed by atoms with van der Waals surface area (Å²) >= 11 is 0. The molecule has 1 aromatic heterocycles. The first-order chi connectivity index (χ1) is 8.56. The first-order valence-corrected chi connectivity index (χ1v) is 5.94. The van der Waals surface area contributed by atoms with Gasteiger partial charge in [0.15, 0.2) is 11.6 Å². The van der Waals surface area contributed by atoms with Gasteiger partial charge in [-0.15, -0.1) is 0 Å². The maximum absolute atomic E-state index is 5.64. The molecule has 0 aliphatic rings. The zero-order valence-corrected chi connectivity index (χ0v) is 10.9. The lowest BCUT2D eigenvalue weighted by molar-refractivity contribution is 0.290. The second kappa shape index (κ2) is 5.08. The summed E-state index contributed by atoms with van der Waals surface area (Å²) in [5.74, 6) is 2.75. The van der Waals surface area contributed by atoms with Gasteiger partial charge in [0.25, 0.3) is 0 Å². The average Bonchev–Trinajstić information content (AvgIpc) is 2.70. The minimum atomic E-state index is 0.321. The first kappa shape index (κ1) is 12.4. The maximum Gasteiger partial charge on any atom is 0.164 e. The Hall–Kier alpha value is -2.04. The highest BCUT2D eigenvalue weighted by atomic mass is 16.5. The van der Waals surface area contributed by atoms with E-state index in [0.29, 0.717) is 12.5 Å². The van der Waals surface area contributed by atoms with Crippen molar-refractivity contribution in [1.82, 2.24) is 14.8 Å². The Morgan fingerprint density at radius 2 is 1.94 bits per heavy atom. The van der Waals surface area contributed by atoms with Gasteiger partial charge in [0, 0.05) is 18.7 Å². The van der Waals surface area contributed by atoms with Crippen LogP contribution in [0.5, 0.6) is 5.75 Å². The van der Waals surface area contributed by atoms with E-state index in [0.717, 1.165) is 23.1 Å². The average molecular weight is 246 g/mol. The van der Waals surface area contributed by atoms with Gasteiger partial charge >= 0.3 is 0 Å². The molecule has 1 aromatic carbocycles. The molecule has 5 heteroatoms. The molecule has 2 aromatic rings. The summed E-state index contributed by atoms with van der Waals surface area (Å²) in [6.07, 6.45) is 0. The second-order valence-electron chi connectivity index (χ2n) is 4.52. The molecule has 18 heavy (non-hydrogen) atoms. The smallest absolute Gasteiger partial charge is 0.164 e. The lowest BCUT2D eigenvalue weighted by atomic mass is 10.2. The first-order valence-electron chi connectivity index (χ1n) is 5.94. The largest absolute Gasteiger partial charge is 0.486 e. The van der Waals surface area contributed by atoms with Crippen LogP contribution in [0.15, 0.2) is 24.3 Å². The lowest BCUT2D eigenvalue weighted by Crippen LogP contribution is -2.04. The van der Waals surface area contributed by atoms with Gasteiger partial charge in [-0.25, -0.2) is 9.67 Å². The standard InChI is InChI=1S/C13H18N4O/c1-9(2)13-15-12(17(3)16-13)8-18-11-6-4-10(14)5-7-11/h4-7,9H,8,14H2,1-3H3. The van der Waals surface area contributed by atoms with Crippen molar-refractivity contribution in [2.24, 2.45) is 7.05 Å². The summed E-state index contributed by atoms with van der Waals surface area (Å²) in [6, 6.07) is 7.31. The van der Waals surface area contributed by atoms with Crippen molar-refractivity contribution < 1.29 is 4.74 Å². The summed E-state index contributed by atoms with van der Waals surface area (Å²) in [7, 11) is 1.88. The molecule has 0 saturated carbocycles. The van der Waals surface area contributed by atoms with Crippen LogP contribution in [0.4, 0.5) is 5.69 Å². The molecular weight excluding hydrogens is 228 g/mol. The fraction of sp³-hybridized carbons (Fsp3) is 0.385. The molecule has 0 bridgehead atoms. The number of nitrogens with two attached hydrogens (primary N) is 1. The van der Waals surface area contributed by atoms with E-state index in [2.05, 4.69) is 23.9 Å². The van der Waals surface area contributed by atoms with Crippen LogP contribution in [-0.2, 0) is 13.7 Å². The molecule has 0 spiro atoms. The number of ether oxygens (including phenoxy) is 1. The third kappa shape index (κ3) is 2.80. The highest BCUT2D eigenvalue weighted by molar-refractivity contribution is 5.41. The molecule has 0 aliphatic heterocycles. The summed E-state index contributed by atoms with van der Waals surface area (Å²) in [5.41, 5.74) is 6.34. The Kier molecular flexibility index (Phi) is 3.50. The summed E-state index contributed by atoms with van der Waals surface area (Å²) in [6.45, 7) is 4.54. The Balaban J connectivity index is 2.03. The van der Waals surface area contributed by atoms with Gasteiger partial charge in [-0.1, -0.05) is 13.8 Å². The number of benzene rings is 1. The molecule has 2 N–H and O–H groups in total. The molecular formula is C13H18N4O. The number of hydrogen-bond donors (Lipinski definition) is 1. The molecule has 0 radical (unpaired) electrons. The van der Waals surface area contributed by atoms with Crippen molar-refractivity contribution in [3.63, 3.8) is 0 Å². The van der Waals surface area contributed by atoms with E-state index in [1.165, 1.54) is 0 Å². The van der Waals surface area contributed by atoms with E-state index in [1.54, 1.807) is 4.68 Å². The molecule has 96 valence electrons. The number of nitrogens with zero attached hydrogens (tertiary/aromatic N) is 3. The van der Waals surface area contributed by atoms with Gasteiger partial charge in [0.05, 0.1) is 0 Å². The van der Waals surface area contributed by atoms with Crippen LogP contribution in [0.2, 0.25) is 0 Å². The Labute approximate surface area is 107 Å². The van der Waals surface area contributed by atoms with Gasteiger partial charge in [0.1, 0.15) is 12.4 Å². The SMILES string of the molecule is CC(C)c1nc(COc2ccc(N)cc2)n(C)n1. The van der Waals surface area contributed by atoms with Crippen molar-refractivity contribution in [1.29, 1.82) is 0 Å². The van der Waals surface area contributed by atoms with Crippen LogP contribution in [0.1, 0.15) is 31.4 Å². The predicted octanol–water partition coefficient (Wildman–Crippen LogP) is 2.10. The van der Waals surface area contributed by atoms with Gasteiger partial charge in [-0.2, -0.15) is 5.10 Å². The third-order valence-corrected chi connectivity index (χ3v) is 2.63. The molecule has 0 aliphatic carbocycles. The number of anilines is 1. The molecule has 5 nitrogen and oxygen atoms in total. The van der Waals surface area contributed by atoms with Crippen molar-refractivity contribution in [3.8, 4) is 5.75 Å². The molecule has 1 heterocycles. The fourth-order valence-electron chi connectivity index (χ4n) is 1.52. The minimum absolute atomic E-state index is 0.321. The second-order valence-corrected chi connectivity index (χ2v) is 4.52. The fourth-order valence-corrected chi connectivity index (χ4v) is 1.52. The molecule has 0 atom stereocenters. The molecule has 2 rings (SSSR count). The Morgan fingerprint density at radius 1 is 1.28 bits per heavy atom. The summed E-state index contributed by atoms with van der Waals surface area (Å²) in [4.78, 5) is 4.44. The van der Waals surface area contributed by atoms with E-state index in [4.69, 9.17) is 10.5 Å². The number of hydrogen-bond acceptors (Lipinski definition) is 4. The lowest BCUT2D eigenvalue weighted by Gasteiger charge is -2.05. The highest BCUT2D eigenvalue weighted by Crippen LogP contribution is 2.15. The molecule has 0 unspecified atom stereocenters. The van der Waals surface area contributed by atoms with E-state index in [-0.39, 0.29) is 0 Å². The zero-order chi connectivity index (χ0) is 13.1. The van der Waals surface area contributed by atoms with Gasteiger partial charge < -0.3 is 10.5 Å². The summed E-state index contributed by atoms with van der Waals surface area (Å²) in [5, 5.41) is 4.34. The van der Waals surface area contributed by atoms with Crippen LogP contribution in [-0.4, -0.2) is 14.8 Å². The zero-order valence-electron chi connectivity index (χ0n) is 10.9. The number of rotatable bonds is 4. The monoisotopic (exact) mass is 246 g/mol. The van der Waals surface area contributed by atoms with Crippen LogP contribution in [0.3, 0.4) is 0 Å². The van der Waals surface area contributed by atoms with Crippen molar-refractivity contribution >= 4 is 5.69 Å². The predicted molar refractivity (Wildman–Crippen MR) is 70.3 cm³/mol. The molecule has 0 amide bonds. The Morgan fingerprint density at radius 3 is 2.50 bits per heavy atom. The number of aromatic nitrogens is 3. The van der Waals surface area contributed by atoms with Crippen LogP contribution in [0, 0.1) is 0 Å². The van der Waals surface area contributed by atoms with Crippen LogP contribution < -0.4 is 10.5 Å². The normalized spacial score (nSPS) is 10.9. The van der Waals surface area contributed by atoms with Crippen LogP contribution >= 0.6 is 0 Å². The number of aryl methyl sites for hydroxylation is 1. The van der Waals surface area contributed by atoms with Crippen molar-refractivity contribution in [3.05, 3.63) is 35.9 Å². The van der Waals surface area contributed by atoms with E-state index in [1.807, 2.05) is 31.3 Å². The molecule has 0 saturated heterocycles. The highest BCUT2D eigenvalue weighted by Gasteiger charge is 2.10. The molecule has 0 fully saturated rings. The van der Waals surface area contributed by atoms with Gasteiger partial charge in [-0.05, 0) is 24.3 Å². The minimum Gasteiger partial charge on any atom is -0.486 e.